The first-order valence-electron chi connectivity index (χ1n) is 6.78. The van der Waals surface area contributed by atoms with E-state index in [1.165, 1.54) is 16.7 Å². The second kappa shape index (κ2) is 5.82. The summed E-state index contributed by atoms with van der Waals surface area (Å²) in [7, 11) is 0. The summed E-state index contributed by atoms with van der Waals surface area (Å²) in [6, 6.07) is 6.95. The summed E-state index contributed by atoms with van der Waals surface area (Å²) in [5.74, 6) is 0. The van der Waals surface area contributed by atoms with Gasteiger partial charge >= 0.3 is 0 Å². The van der Waals surface area contributed by atoms with Gasteiger partial charge in [0.15, 0.2) is 0 Å². The summed E-state index contributed by atoms with van der Waals surface area (Å²) in [5.41, 5.74) is 4.41. The Kier molecular flexibility index (Phi) is 3.92. The highest BCUT2D eigenvalue weighted by atomic mass is 32.1. The maximum atomic E-state index is 4.36. The van der Waals surface area contributed by atoms with Gasteiger partial charge in [0.05, 0.1) is 6.04 Å². The molecular weight excluding hydrogens is 254 g/mol. The first-order chi connectivity index (χ1) is 9.34. The van der Waals surface area contributed by atoms with Crippen LogP contribution in [0.2, 0.25) is 0 Å². The molecule has 0 saturated heterocycles. The van der Waals surface area contributed by atoms with Gasteiger partial charge in [0.2, 0.25) is 0 Å². The molecule has 0 radical (unpaired) electrons. The molecule has 2 heterocycles. The fourth-order valence-electron chi connectivity index (χ4n) is 2.58. The zero-order valence-corrected chi connectivity index (χ0v) is 12.0. The molecule has 1 aromatic heterocycles. The Morgan fingerprint density at radius 1 is 1.47 bits per heavy atom. The smallest absolute Gasteiger partial charge is 0.109 e. The van der Waals surface area contributed by atoms with Crippen LogP contribution in [0.4, 0.5) is 0 Å². The molecule has 0 saturated carbocycles. The Morgan fingerprint density at radius 3 is 3.26 bits per heavy atom. The SMILES string of the molecule is CC(NCc1cccc2c1CCNC2)c1nccs1. The van der Waals surface area contributed by atoms with Crippen molar-refractivity contribution in [2.24, 2.45) is 0 Å². The van der Waals surface area contributed by atoms with E-state index in [1.807, 2.05) is 11.6 Å². The van der Waals surface area contributed by atoms with Crippen molar-refractivity contribution in [2.45, 2.75) is 32.5 Å². The fourth-order valence-corrected chi connectivity index (χ4v) is 3.25. The molecule has 2 N–H and O–H groups in total. The predicted molar refractivity (Wildman–Crippen MR) is 79.2 cm³/mol. The monoisotopic (exact) mass is 273 g/mol. The zero-order valence-electron chi connectivity index (χ0n) is 11.1. The zero-order chi connectivity index (χ0) is 13.1. The third-order valence-corrected chi connectivity index (χ3v) is 4.62. The van der Waals surface area contributed by atoms with Crippen LogP contribution in [0.3, 0.4) is 0 Å². The molecule has 2 aromatic rings. The molecule has 1 atom stereocenters. The van der Waals surface area contributed by atoms with Gasteiger partial charge in [-0.25, -0.2) is 4.98 Å². The van der Waals surface area contributed by atoms with Crippen LogP contribution in [0.15, 0.2) is 29.8 Å². The van der Waals surface area contributed by atoms with Crippen LogP contribution >= 0.6 is 11.3 Å². The van der Waals surface area contributed by atoms with E-state index in [-0.39, 0.29) is 0 Å². The Labute approximate surface area is 118 Å². The summed E-state index contributed by atoms with van der Waals surface area (Å²) in [4.78, 5) is 4.36. The van der Waals surface area contributed by atoms with Crippen molar-refractivity contribution in [1.29, 1.82) is 0 Å². The average Bonchev–Trinajstić information content (AvgIpc) is 2.99. The highest BCUT2D eigenvalue weighted by Crippen LogP contribution is 2.20. The number of fused-ring (bicyclic) bond motifs is 1. The number of aromatic nitrogens is 1. The van der Waals surface area contributed by atoms with Gasteiger partial charge in [-0.3, -0.25) is 0 Å². The number of hydrogen-bond acceptors (Lipinski definition) is 4. The average molecular weight is 273 g/mol. The van der Waals surface area contributed by atoms with E-state index in [9.17, 15) is 0 Å². The fraction of sp³-hybridized carbons (Fsp3) is 0.400. The van der Waals surface area contributed by atoms with Gasteiger partial charge < -0.3 is 10.6 Å². The minimum atomic E-state index is 0.317. The first kappa shape index (κ1) is 12.8. The number of rotatable bonds is 4. The molecule has 4 heteroatoms. The predicted octanol–water partition coefficient (Wildman–Crippen LogP) is 2.64. The Bertz CT molecular complexity index is 536. The third-order valence-electron chi connectivity index (χ3n) is 3.66. The standard InChI is InChI=1S/C15H19N3S/c1-11(15-17-7-8-19-15)18-10-13-4-2-3-12-9-16-6-5-14(12)13/h2-4,7-8,11,16,18H,5-6,9-10H2,1H3. The van der Waals surface area contributed by atoms with Crippen LogP contribution in [-0.2, 0) is 19.5 Å². The molecule has 19 heavy (non-hydrogen) atoms. The minimum Gasteiger partial charge on any atom is -0.312 e. The summed E-state index contributed by atoms with van der Waals surface area (Å²) < 4.78 is 0. The van der Waals surface area contributed by atoms with Crippen molar-refractivity contribution >= 4 is 11.3 Å². The number of nitrogens with one attached hydrogen (secondary N) is 2. The summed E-state index contributed by atoms with van der Waals surface area (Å²) in [6.07, 6.45) is 3.01. The lowest BCUT2D eigenvalue weighted by atomic mass is 9.95. The van der Waals surface area contributed by atoms with Crippen molar-refractivity contribution in [3.63, 3.8) is 0 Å². The largest absolute Gasteiger partial charge is 0.312 e. The molecule has 1 aromatic carbocycles. The lowest BCUT2D eigenvalue weighted by molar-refractivity contribution is 0.563. The Balaban J connectivity index is 1.70. The molecule has 1 unspecified atom stereocenters. The van der Waals surface area contributed by atoms with Crippen molar-refractivity contribution in [3.05, 3.63) is 51.5 Å². The van der Waals surface area contributed by atoms with E-state index in [0.29, 0.717) is 6.04 Å². The molecule has 100 valence electrons. The molecule has 1 aliphatic heterocycles. The van der Waals surface area contributed by atoms with Crippen LogP contribution in [0.25, 0.3) is 0 Å². The second-order valence-electron chi connectivity index (χ2n) is 4.95. The van der Waals surface area contributed by atoms with Crippen LogP contribution in [0.5, 0.6) is 0 Å². The quantitative estimate of drug-likeness (QED) is 0.899. The maximum Gasteiger partial charge on any atom is 0.109 e. The minimum absolute atomic E-state index is 0.317. The highest BCUT2D eigenvalue weighted by molar-refractivity contribution is 7.09. The van der Waals surface area contributed by atoms with Gasteiger partial charge in [0.1, 0.15) is 5.01 Å². The van der Waals surface area contributed by atoms with Gasteiger partial charge in [-0.05, 0) is 36.6 Å². The van der Waals surface area contributed by atoms with Crippen LogP contribution < -0.4 is 10.6 Å². The van der Waals surface area contributed by atoms with E-state index in [0.717, 1.165) is 31.1 Å². The lowest BCUT2D eigenvalue weighted by Gasteiger charge is -2.21. The lowest BCUT2D eigenvalue weighted by Crippen LogP contribution is -2.26. The van der Waals surface area contributed by atoms with Gasteiger partial charge in [0.25, 0.3) is 0 Å². The highest BCUT2D eigenvalue weighted by Gasteiger charge is 2.13. The molecule has 0 bridgehead atoms. The van der Waals surface area contributed by atoms with Crippen molar-refractivity contribution in [2.75, 3.05) is 6.54 Å². The molecule has 0 aliphatic carbocycles. The number of hydrogen-bond donors (Lipinski definition) is 2. The second-order valence-corrected chi connectivity index (χ2v) is 5.88. The van der Waals surface area contributed by atoms with E-state index in [1.54, 1.807) is 11.3 Å². The molecule has 0 amide bonds. The van der Waals surface area contributed by atoms with Crippen LogP contribution in [0, 0.1) is 0 Å². The summed E-state index contributed by atoms with van der Waals surface area (Å²) in [5, 5.41) is 10.2. The molecule has 1 aliphatic rings. The van der Waals surface area contributed by atoms with Crippen molar-refractivity contribution in [3.8, 4) is 0 Å². The van der Waals surface area contributed by atoms with Crippen LogP contribution in [0.1, 0.15) is 34.7 Å². The van der Waals surface area contributed by atoms with E-state index in [4.69, 9.17) is 0 Å². The van der Waals surface area contributed by atoms with Crippen molar-refractivity contribution < 1.29 is 0 Å². The molecule has 3 nitrogen and oxygen atoms in total. The topological polar surface area (TPSA) is 37.0 Å². The van der Waals surface area contributed by atoms with Crippen molar-refractivity contribution in [1.82, 2.24) is 15.6 Å². The van der Waals surface area contributed by atoms with E-state index in [2.05, 4.69) is 40.7 Å². The molecule has 3 rings (SSSR count). The summed E-state index contributed by atoms with van der Waals surface area (Å²) in [6.45, 7) is 5.19. The molecular formula is C15H19N3S. The number of nitrogens with zero attached hydrogens (tertiary/aromatic N) is 1. The number of benzene rings is 1. The van der Waals surface area contributed by atoms with Gasteiger partial charge in [-0.2, -0.15) is 0 Å². The van der Waals surface area contributed by atoms with Gasteiger partial charge in [0, 0.05) is 24.7 Å². The van der Waals surface area contributed by atoms with E-state index >= 15 is 0 Å². The maximum absolute atomic E-state index is 4.36. The molecule has 0 fully saturated rings. The van der Waals surface area contributed by atoms with Crippen LogP contribution in [-0.4, -0.2) is 11.5 Å². The number of thiazole rings is 1. The Morgan fingerprint density at radius 2 is 2.42 bits per heavy atom. The summed E-state index contributed by atoms with van der Waals surface area (Å²) >= 11 is 1.71. The Hall–Kier alpha value is -1.23. The third kappa shape index (κ3) is 2.86. The molecule has 0 spiro atoms. The van der Waals surface area contributed by atoms with E-state index < -0.39 is 0 Å². The normalized spacial score (nSPS) is 16.1. The van der Waals surface area contributed by atoms with Gasteiger partial charge in [-0.1, -0.05) is 18.2 Å². The van der Waals surface area contributed by atoms with Gasteiger partial charge in [-0.15, -0.1) is 11.3 Å². The first-order valence-corrected chi connectivity index (χ1v) is 7.65.